The molecule has 0 bridgehead atoms. The van der Waals surface area contributed by atoms with Crippen LogP contribution >= 0.6 is 0 Å². The molecule has 0 heterocycles. The van der Waals surface area contributed by atoms with Crippen molar-refractivity contribution in [2.75, 3.05) is 13.2 Å². The van der Waals surface area contributed by atoms with Crippen LogP contribution in [-0.4, -0.2) is 82.3 Å². The summed E-state index contributed by atoms with van der Waals surface area (Å²) in [6.45, 7) is 3.50. The zero-order chi connectivity index (χ0) is 10.3. The Morgan fingerprint density at radius 2 is 1.50 bits per heavy atom. The molecule has 0 unspecified atom stereocenters. The van der Waals surface area contributed by atoms with Crippen molar-refractivity contribution in [1.82, 2.24) is 0 Å². The summed E-state index contributed by atoms with van der Waals surface area (Å²) in [7, 11) is 0. The van der Waals surface area contributed by atoms with E-state index in [1.54, 1.807) is 13.8 Å². The molecule has 0 saturated heterocycles. The molecule has 0 fully saturated rings. The molecule has 0 aromatic heterocycles. The standard InChI is InChI=1S/C8H12O5.K.H/c1-3-12-7(10)5-6(9)8(11)13-4-2;;/h3-5H2,1-2H3;;. The third kappa shape index (κ3) is 7.63. The van der Waals surface area contributed by atoms with Crippen LogP contribution in [0.1, 0.15) is 20.3 Å². The molecule has 0 amide bonds. The predicted molar refractivity (Wildman–Crippen MR) is 50.0 cm³/mol. The average molecular weight is 228 g/mol. The molecule has 0 aromatic rings. The number of rotatable bonds is 5. The number of hydrogen-bond donors (Lipinski definition) is 0. The zero-order valence-corrected chi connectivity index (χ0v) is 7.66. The molecule has 0 rings (SSSR count). The van der Waals surface area contributed by atoms with Gasteiger partial charge in [0.2, 0.25) is 0 Å². The van der Waals surface area contributed by atoms with Crippen molar-refractivity contribution in [1.29, 1.82) is 0 Å². The fourth-order valence-electron chi connectivity index (χ4n) is 0.627. The van der Waals surface area contributed by atoms with Crippen molar-refractivity contribution in [3.63, 3.8) is 0 Å². The van der Waals surface area contributed by atoms with Crippen LogP contribution in [0.25, 0.3) is 0 Å². The minimum absolute atomic E-state index is 0. The maximum absolute atomic E-state index is 10.8. The Balaban J connectivity index is 0. The summed E-state index contributed by atoms with van der Waals surface area (Å²) in [4.78, 5) is 32.3. The van der Waals surface area contributed by atoms with Gasteiger partial charge in [0.15, 0.2) is 0 Å². The molecule has 0 saturated carbocycles. The topological polar surface area (TPSA) is 69.7 Å². The van der Waals surface area contributed by atoms with Gasteiger partial charge in [-0.05, 0) is 13.8 Å². The van der Waals surface area contributed by atoms with Crippen LogP contribution in [-0.2, 0) is 23.9 Å². The van der Waals surface area contributed by atoms with Gasteiger partial charge in [0.25, 0.3) is 5.78 Å². The normalized spacial score (nSPS) is 8.43. The second kappa shape index (κ2) is 9.79. The molecule has 0 radical (unpaired) electrons. The monoisotopic (exact) mass is 228 g/mol. The van der Waals surface area contributed by atoms with Crippen LogP contribution in [0.2, 0.25) is 0 Å². The van der Waals surface area contributed by atoms with Crippen LogP contribution in [0.4, 0.5) is 0 Å². The number of esters is 2. The first-order chi connectivity index (χ1) is 6.11. The Labute approximate surface area is 125 Å². The van der Waals surface area contributed by atoms with Crippen molar-refractivity contribution >= 4 is 69.1 Å². The molecule has 0 atom stereocenters. The van der Waals surface area contributed by atoms with Crippen LogP contribution < -0.4 is 0 Å². The van der Waals surface area contributed by atoms with E-state index in [-0.39, 0.29) is 64.6 Å². The molecular formula is C8H13KO5. The van der Waals surface area contributed by atoms with Crippen LogP contribution in [0, 0.1) is 0 Å². The average Bonchev–Trinajstić information content (AvgIpc) is 2.05. The third-order valence-corrected chi connectivity index (χ3v) is 1.11. The van der Waals surface area contributed by atoms with Crippen LogP contribution in [0.15, 0.2) is 0 Å². The van der Waals surface area contributed by atoms with Gasteiger partial charge in [-0.15, -0.1) is 0 Å². The van der Waals surface area contributed by atoms with Gasteiger partial charge >= 0.3 is 63.3 Å². The van der Waals surface area contributed by atoms with Crippen molar-refractivity contribution < 1.29 is 23.9 Å². The van der Waals surface area contributed by atoms with Crippen LogP contribution in [0.5, 0.6) is 0 Å². The van der Waals surface area contributed by atoms with Gasteiger partial charge in [0.05, 0.1) is 13.2 Å². The summed E-state index contributed by atoms with van der Waals surface area (Å²) >= 11 is 0. The van der Waals surface area contributed by atoms with Gasteiger partial charge in [0, 0.05) is 0 Å². The fraction of sp³-hybridized carbons (Fsp3) is 0.625. The Kier molecular flexibility index (Phi) is 11.7. The van der Waals surface area contributed by atoms with Gasteiger partial charge in [0.1, 0.15) is 6.42 Å². The van der Waals surface area contributed by atoms with Gasteiger partial charge in [-0.2, -0.15) is 0 Å². The molecule has 6 heteroatoms. The van der Waals surface area contributed by atoms with E-state index in [1.807, 2.05) is 0 Å². The number of Topliss-reactive ketones (excluding diaryl/α,β-unsaturated/α-hetero) is 1. The van der Waals surface area contributed by atoms with Gasteiger partial charge in [-0.25, -0.2) is 4.79 Å². The van der Waals surface area contributed by atoms with Gasteiger partial charge < -0.3 is 9.47 Å². The number of ketones is 1. The Hall–Kier alpha value is 0.246. The summed E-state index contributed by atoms with van der Waals surface area (Å²) in [6.07, 6.45) is -0.549. The fourth-order valence-corrected chi connectivity index (χ4v) is 0.627. The summed E-state index contributed by atoms with van der Waals surface area (Å²) in [5, 5.41) is 0. The maximum atomic E-state index is 10.8. The van der Waals surface area contributed by atoms with E-state index in [9.17, 15) is 14.4 Å². The van der Waals surface area contributed by atoms with E-state index in [0.29, 0.717) is 0 Å². The zero-order valence-electron chi connectivity index (χ0n) is 7.66. The molecule has 76 valence electrons. The number of carbonyl (C=O) groups excluding carboxylic acids is 3. The second-order valence-electron chi connectivity index (χ2n) is 2.13. The molecule has 5 nitrogen and oxygen atoms in total. The number of ether oxygens (including phenoxy) is 2. The first-order valence-corrected chi connectivity index (χ1v) is 3.97. The molecule has 0 aromatic carbocycles. The summed E-state index contributed by atoms with van der Waals surface area (Å²) < 4.78 is 8.86. The van der Waals surface area contributed by atoms with Crippen molar-refractivity contribution in [3.05, 3.63) is 0 Å². The van der Waals surface area contributed by atoms with Gasteiger partial charge in [-0.1, -0.05) is 0 Å². The van der Waals surface area contributed by atoms with E-state index in [4.69, 9.17) is 0 Å². The predicted octanol–water partition coefficient (Wildman–Crippen LogP) is -0.577. The molecule has 0 aliphatic carbocycles. The Morgan fingerprint density at radius 3 is 1.93 bits per heavy atom. The first kappa shape index (κ1) is 16.7. The second-order valence-corrected chi connectivity index (χ2v) is 2.13. The molecule has 14 heavy (non-hydrogen) atoms. The minimum atomic E-state index is -0.990. The summed E-state index contributed by atoms with van der Waals surface area (Å²) in [6, 6.07) is 0. The van der Waals surface area contributed by atoms with E-state index in [1.165, 1.54) is 0 Å². The SMILES string of the molecule is CCOC(=O)CC(=O)C(=O)OCC.[KH]. The number of hydrogen-bond acceptors (Lipinski definition) is 5. The van der Waals surface area contributed by atoms with Crippen molar-refractivity contribution in [3.8, 4) is 0 Å². The van der Waals surface area contributed by atoms with Crippen molar-refractivity contribution in [2.45, 2.75) is 20.3 Å². The van der Waals surface area contributed by atoms with E-state index in [0.717, 1.165) is 0 Å². The van der Waals surface area contributed by atoms with Crippen LogP contribution in [0.3, 0.4) is 0 Å². The molecule has 0 N–H and O–H groups in total. The van der Waals surface area contributed by atoms with Gasteiger partial charge in [-0.3, -0.25) is 9.59 Å². The summed E-state index contributed by atoms with van der Waals surface area (Å²) in [5.41, 5.74) is 0. The molecule has 0 aliphatic rings. The Bertz CT molecular complexity index is 214. The summed E-state index contributed by atoms with van der Waals surface area (Å²) in [5.74, 6) is -2.57. The van der Waals surface area contributed by atoms with E-state index in [2.05, 4.69) is 9.47 Å². The molecular weight excluding hydrogens is 215 g/mol. The molecule has 0 spiro atoms. The Morgan fingerprint density at radius 1 is 1.00 bits per heavy atom. The first-order valence-electron chi connectivity index (χ1n) is 3.97. The van der Waals surface area contributed by atoms with Crippen molar-refractivity contribution in [2.24, 2.45) is 0 Å². The molecule has 0 aliphatic heterocycles. The quantitative estimate of drug-likeness (QED) is 0.272. The van der Waals surface area contributed by atoms with E-state index < -0.39 is 24.1 Å². The third-order valence-electron chi connectivity index (χ3n) is 1.11. The number of carbonyl (C=O) groups is 3. The van der Waals surface area contributed by atoms with E-state index >= 15 is 0 Å².